The van der Waals surface area contributed by atoms with Crippen LogP contribution in [0, 0.1) is 0 Å². The number of nitrogens with zero attached hydrogens (tertiary/aromatic N) is 1. The van der Waals surface area contributed by atoms with Gasteiger partial charge in [0.2, 0.25) is 0 Å². The summed E-state index contributed by atoms with van der Waals surface area (Å²) in [5, 5.41) is 0. The molecule has 2 unspecified atom stereocenters. The van der Waals surface area contributed by atoms with Gasteiger partial charge in [0.25, 0.3) is 0 Å². The normalized spacial score (nSPS) is 14.3. The first kappa shape index (κ1) is 31.1. The first-order valence-electron chi connectivity index (χ1n) is 12.2. The van der Waals surface area contributed by atoms with Gasteiger partial charge in [0, 0.05) is 6.04 Å². The summed E-state index contributed by atoms with van der Waals surface area (Å²) in [7, 11) is -1.45. The first-order chi connectivity index (χ1) is 15.1. The van der Waals surface area contributed by atoms with E-state index in [0.717, 1.165) is 32.2 Å². The summed E-state index contributed by atoms with van der Waals surface area (Å²) < 4.78 is 29.2. The van der Waals surface area contributed by atoms with Crippen LogP contribution in [0.5, 0.6) is 0 Å². The van der Waals surface area contributed by atoms with Crippen molar-refractivity contribution < 1.29 is 23.1 Å². The van der Waals surface area contributed by atoms with Crippen LogP contribution in [0.1, 0.15) is 87.0 Å². The molecule has 7 heteroatoms. The predicted octanol–water partition coefficient (Wildman–Crippen LogP) is 6.76. The highest BCUT2D eigenvalue weighted by atomic mass is 31.2. The van der Waals surface area contributed by atoms with E-state index in [9.17, 15) is 9.36 Å². The second-order valence-electron chi connectivity index (χ2n) is 8.56. The molecule has 0 fully saturated rings. The number of allylic oxidation sites excluding steroid dienone is 4. The van der Waals surface area contributed by atoms with E-state index in [1.165, 1.54) is 11.1 Å². The number of esters is 1. The van der Waals surface area contributed by atoms with Gasteiger partial charge >= 0.3 is 13.6 Å². The lowest BCUT2D eigenvalue weighted by Crippen LogP contribution is -2.32. The molecule has 0 aromatic carbocycles. The molecule has 32 heavy (non-hydrogen) atoms. The number of hydrogen-bond acceptors (Lipinski definition) is 6. The second kappa shape index (κ2) is 17.5. The van der Waals surface area contributed by atoms with Crippen LogP contribution < -0.4 is 0 Å². The van der Waals surface area contributed by atoms with Gasteiger partial charge in [0.1, 0.15) is 0 Å². The Kier molecular flexibility index (Phi) is 17.0. The van der Waals surface area contributed by atoms with Crippen molar-refractivity contribution in [1.29, 1.82) is 0 Å². The molecular formula is C25H48NO5P. The van der Waals surface area contributed by atoms with Crippen molar-refractivity contribution in [3.05, 3.63) is 23.3 Å². The third-order valence-corrected chi connectivity index (χ3v) is 7.94. The number of ether oxygens (including phenoxy) is 1. The minimum absolute atomic E-state index is 0.228. The van der Waals surface area contributed by atoms with E-state index in [-0.39, 0.29) is 19.8 Å². The molecule has 6 nitrogen and oxygen atoms in total. The Morgan fingerprint density at radius 1 is 0.969 bits per heavy atom. The lowest BCUT2D eigenvalue weighted by Gasteiger charge is -2.27. The van der Waals surface area contributed by atoms with Crippen LogP contribution in [0.3, 0.4) is 0 Å². The Morgan fingerprint density at radius 2 is 1.59 bits per heavy atom. The van der Waals surface area contributed by atoms with Gasteiger partial charge in [0.05, 0.1) is 19.8 Å². The van der Waals surface area contributed by atoms with Gasteiger partial charge < -0.3 is 18.7 Å². The summed E-state index contributed by atoms with van der Waals surface area (Å²) in [5.41, 5.74) is 1.94. The molecule has 0 N–H and O–H groups in total. The number of rotatable bonds is 18. The zero-order valence-corrected chi connectivity index (χ0v) is 22.7. The van der Waals surface area contributed by atoms with E-state index in [1.54, 1.807) is 20.8 Å². The van der Waals surface area contributed by atoms with Crippen molar-refractivity contribution in [1.82, 2.24) is 4.90 Å². The number of carbonyl (C=O) groups is 1. The van der Waals surface area contributed by atoms with E-state index >= 15 is 0 Å². The molecule has 0 amide bonds. The van der Waals surface area contributed by atoms with Gasteiger partial charge in [-0.25, -0.2) is 0 Å². The zero-order chi connectivity index (χ0) is 24.6. The molecule has 0 saturated heterocycles. The summed E-state index contributed by atoms with van der Waals surface area (Å²) in [6, 6.07) is 0.420. The zero-order valence-electron chi connectivity index (χ0n) is 21.8. The Hall–Kier alpha value is -0.940. The molecule has 0 saturated carbocycles. The average molecular weight is 474 g/mol. The smallest absolute Gasteiger partial charge is 0.344 e. The molecule has 0 aliphatic carbocycles. The van der Waals surface area contributed by atoms with Gasteiger partial charge in [-0.2, -0.15) is 0 Å². The van der Waals surface area contributed by atoms with E-state index in [0.29, 0.717) is 18.9 Å². The fraction of sp³-hybridized carbons (Fsp3) is 0.800. The molecule has 0 rings (SSSR count). The number of carbonyl (C=O) groups excluding carboxylic acids is 1. The van der Waals surface area contributed by atoms with E-state index in [1.807, 2.05) is 0 Å². The summed E-state index contributed by atoms with van der Waals surface area (Å²) in [4.78, 5) is 14.8. The molecule has 0 aliphatic rings. The molecule has 188 valence electrons. The molecule has 0 aromatic heterocycles. The fourth-order valence-electron chi connectivity index (χ4n) is 3.46. The molecule has 0 spiro atoms. The van der Waals surface area contributed by atoms with Crippen molar-refractivity contribution in [2.24, 2.45) is 0 Å². The summed E-state index contributed by atoms with van der Waals surface area (Å²) in [6.45, 7) is 15.5. The largest absolute Gasteiger partial charge is 0.465 e. The van der Waals surface area contributed by atoms with Gasteiger partial charge in [-0.3, -0.25) is 9.36 Å². The molecule has 0 radical (unpaired) electrons. The average Bonchev–Trinajstić information content (AvgIpc) is 2.71. The highest BCUT2D eigenvalue weighted by Gasteiger charge is 2.41. The van der Waals surface area contributed by atoms with Crippen LogP contribution in [-0.2, 0) is 23.1 Å². The summed E-state index contributed by atoms with van der Waals surface area (Å²) in [5.74, 6) is -0.498. The topological polar surface area (TPSA) is 65.1 Å². The van der Waals surface area contributed by atoms with E-state index in [2.05, 4.69) is 51.8 Å². The Labute approximate surface area is 197 Å². The molecule has 2 atom stereocenters. The van der Waals surface area contributed by atoms with Crippen molar-refractivity contribution in [3.63, 3.8) is 0 Å². The first-order valence-corrected chi connectivity index (χ1v) is 13.8. The molecule has 0 aromatic rings. The Balaban J connectivity index is 4.71. The van der Waals surface area contributed by atoms with Crippen LogP contribution in [0.25, 0.3) is 0 Å². The van der Waals surface area contributed by atoms with Crippen molar-refractivity contribution in [2.75, 3.05) is 33.4 Å². The molecule has 0 aliphatic heterocycles. The lowest BCUT2D eigenvalue weighted by atomic mass is 10.1. The third-order valence-electron chi connectivity index (χ3n) is 5.47. The van der Waals surface area contributed by atoms with E-state index < -0.39 is 19.2 Å². The van der Waals surface area contributed by atoms with Crippen LogP contribution in [-0.4, -0.2) is 56.0 Å². The fourth-order valence-corrected chi connectivity index (χ4v) is 5.44. The Morgan fingerprint density at radius 3 is 2.12 bits per heavy atom. The van der Waals surface area contributed by atoms with Gasteiger partial charge in [-0.15, -0.1) is 0 Å². The summed E-state index contributed by atoms with van der Waals surface area (Å²) >= 11 is 0. The standard InChI is InChI=1S/C25H48NO5P/c1-9-29-25(27)24(32(28,30-10-2)31-11-3)19-14-20-26(8)23(7)18-13-17-22(6)16-12-15-21(4)5/h15,17,23-24H,9-14,16,18-20H2,1-8H3. The predicted molar refractivity (Wildman–Crippen MR) is 134 cm³/mol. The minimum Gasteiger partial charge on any atom is -0.465 e. The second-order valence-corrected chi connectivity index (χ2v) is 10.8. The number of hydrogen-bond donors (Lipinski definition) is 0. The van der Waals surface area contributed by atoms with Crippen molar-refractivity contribution >= 4 is 13.6 Å². The van der Waals surface area contributed by atoms with Crippen LogP contribution in [0.15, 0.2) is 23.3 Å². The highest BCUT2D eigenvalue weighted by Crippen LogP contribution is 2.55. The highest BCUT2D eigenvalue weighted by molar-refractivity contribution is 7.55. The third kappa shape index (κ3) is 12.9. The quantitative estimate of drug-likeness (QED) is 0.124. The maximum atomic E-state index is 13.2. The minimum atomic E-state index is -3.55. The van der Waals surface area contributed by atoms with Crippen molar-refractivity contribution in [3.8, 4) is 0 Å². The molecular weight excluding hydrogens is 425 g/mol. The maximum absolute atomic E-state index is 13.2. The molecule has 0 bridgehead atoms. The van der Waals surface area contributed by atoms with Crippen molar-refractivity contribution in [2.45, 2.75) is 98.7 Å². The van der Waals surface area contributed by atoms with Gasteiger partial charge in [0.15, 0.2) is 5.66 Å². The van der Waals surface area contributed by atoms with Gasteiger partial charge in [-0.05, 0) is 101 Å². The van der Waals surface area contributed by atoms with Crippen LogP contribution in [0.2, 0.25) is 0 Å². The summed E-state index contributed by atoms with van der Waals surface area (Å²) in [6.07, 6.45) is 10.1. The maximum Gasteiger partial charge on any atom is 0.344 e. The lowest BCUT2D eigenvalue weighted by molar-refractivity contribution is -0.143. The van der Waals surface area contributed by atoms with Gasteiger partial charge in [-0.1, -0.05) is 23.3 Å². The SMILES string of the molecule is CCOC(=O)C(CCCN(C)C(C)CCC=C(C)CCC=C(C)C)P(=O)(OCC)OCC. The van der Waals surface area contributed by atoms with Crippen LogP contribution >= 0.6 is 7.60 Å². The monoisotopic (exact) mass is 473 g/mol. The van der Waals surface area contributed by atoms with E-state index in [4.69, 9.17) is 13.8 Å². The molecule has 0 heterocycles. The Bertz CT molecular complexity index is 618. The van der Waals surface area contributed by atoms with Crippen LogP contribution in [0.4, 0.5) is 0 Å².